The Labute approximate surface area is 158 Å². The summed E-state index contributed by atoms with van der Waals surface area (Å²) in [4.78, 5) is 35.3. The van der Waals surface area contributed by atoms with Crippen molar-refractivity contribution in [3.63, 3.8) is 0 Å². The maximum absolute atomic E-state index is 12.6. The number of hydrogen-bond acceptors (Lipinski definition) is 6. The lowest BCUT2D eigenvalue weighted by Crippen LogP contribution is -2.07. The zero-order valence-electron chi connectivity index (χ0n) is 14.8. The van der Waals surface area contributed by atoms with Gasteiger partial charge in [0, 0.05) is 12.1 Å². The molecular weight excluding hydrogens is 365 g/mol. The first-order valence-electron chi connectivity index (χ1n) is 8.52. The summed E-state index contributed by atoms with van der Waals surface area (Å²) in [7, 11) is 0. The summed E-state index contributed by atoms with van der Waals surface area (Å²) < 4.78 is 18.1. The number of nitrogens with two attached hydrogens (primary N) is 1. The topological polar surface area (TPSA) is 127 Å². The molecule has 2 aromatic heterocycles. The van der Waals surface area contributed by atoms with Gasteiger partial charge in [-0.3, -0.25) is 9.59 Å². The molecule has 4 aromatic rings. The Morgan fingerprint density at radius 1 is 0.929 bits per heavy atom. The third-order valence-electron chi connectivity index (χ3n) is 3.83. The molecule has 0 atom stereocenters. The van der Waals surface area contributed by atoms with Gasteiger partial charge in [0.25, 0.3) is 11.1 Å². The second kappa shape index (κ2) is 8.87. The van der Waals surface area contributed by atoms with Gasteiger partial charge in [-0.2, -0.15) is 0 Å². The summed E-state index contributed by atoms with van der Waals surface area (Å²) >= 11 is 0. The van der Waals surface area contributed by atoms with Crippen molar-refractivity contribution in [1.82, 2.24) is 19.9 Å². The van der Waals surface area contributed by atoms with Crippen LogP contribution >= 0.6 is 0 Å². The van der Waals surface area contributed by atoms with E-state index in [9.17, 15) is 14.0 Å². The van der Waals surface area contributed by atoms with Gasteiger partial charge in [0.1, 0.15) is 11.6 Å². The number of ether oxygens (including phenoxy) is 1. The van der Waals surface area contributed by atoms with E-state index in [4.69, 9.17) is 10.5 Å². The van der Waals surface area contributed by atoms with Gasteiger partial charge < -0.3 is 20.4 Å². The van der Waals surface area contributed by atoms with Crippen LogP contribution in [0.3, 0.4) is 0 Å². The zero-order valence-corrected chi connectivity index (χ0v) is 14.8. The van der Waals surface area contributed by atoms with Gasteiger partial charge >= 0.3 is 0 Å². The molecule has 4 rings (SSSR count). The average molecular weight is 383 g/mol. The highest BCUT2D eigenvalue weighted by Gasteiger charge is 2.01. The van der Waals surface area contributed by atoms with Crippen molar-refractivity contribution in [3.8, 4) is 5.75 Å². The molecule has 144 valence electrons. The molecule has 28 heavy (non-hydrogen) atoms. The van der Waals surface area contributed by atoms with Crippen LogP contribution in [0.2, 0.25) is 0 Å². The molecule has 0 spiro atoms. The molecule has 0 aliphatic carbocycles. The van der Waals surface area contributed by atoms with Crippen molar-refractivity contribution in [2.24, 2.45) is 5.73 Å². The fourth-order valence-corrected chi connectivity index (χ4v) is 2.45. The quantitative estimate of drug-likeness (QED) is 0.461. The molecule has 0 aliphatic heterocycles. The van der Waals surface area contributed by atoms with Gasteiger partial charge in [-0.1, -0.05) is 0 Å². The summed E-state index contributed by atoms with van der Waals surface area (Å²) in [5.74, 6) is 0.319. The number of nitrogens with zero attached hydrogens (tertiary/aromatic N) is 2. The summed E-state index contributed by atoms with van der Waals surface area (Å²) in [6.45, 7) is 1.18. The Kier molecular flexibility index (Phi) is 6.07. The van der Waals surface area contributed by atoms with Crippen LogP contribution in [0.1, 0.15) is 6.42 Å². The molecule has 8 nitrogen and oxygen atoms in total. The molecule has 4 N–H and O–H groups in total. The maximum Gasteiger partial charge on any atom is 0.258 e. The first-order valence-corrected chi connectivity index (χ1v) is 8.52. The highest BCUT2D eigenvalue weighted by atomic mass is 19.1. The summed E-state index contributed by atoms with van der Waals surface area (Å²) in [6, 6.07) is 9.09. The summed E-state index contributed by atoms with van der Waals surface area (Å²) in [5.41, 5.74) is 5.98. The fraction of sp³-hybridized carbons (Fsp3) is 0.158. The Morgan fingerprint density at radius 2 is 1.54 bits per heavy atom. The van der Waals surface area contributed by atoms with Crippen molar-refractivity contribution >= 4 is 21.8 Å². The molecular formula is C19H18FN5O3. The Morgan fingerprint density at radius 3 is 2.18 bits per heavy atom. The van der Waals surface area contributed by atoms with Crippen LogP contribution in [0.15, 0.2) is 58.6 Å². The minimum atomic E-state index is -0.388. The lowest BCUT2D eigenvalue weighted by molar-refractivity contribution is 0.314. The molecule has 0 saturated heterocycles. The first-order chi connectivity index (χ1) is 13.6. The van der Waals surface area contributed by atoms with E-state index in [2.05, 4.69) is 19.9 Å². The van der Waals surface area contributed by atoms with E-state index in [0.29, 0.717) is 40.7 Å². The molecule has 2 aromatic carbocycles. The first kappa shape index (κ1) is 19.2. The van der Waals surface area contributed by atoms with Crippen molar-refractivity contribution < 1.29 is 9.13 Å². The van der Waals surface area contributed by atoms with Gasteiger partial charge in [-0.05, 0) is 37.2 Å². The average Bonchev–Trinajstić information content (AvgIpc) is 2.69. The normalized spacial score (nSPS) is 10.5. The van der Waals surface area contributed by atoms with Crippen LogP contribution in [0.25, 0.3) is 21.8 Å². The third-order valence-corrected chi connectivity index (χ3v) is 3.83. The van der Waals surface area contributed by atoms with Crippen LogP contribution in [-0.2, 0) is 0 Å². The van der Waals surface area contributed by atoms with E-state index < -0.39 is 0 Å². The molecule has 9 heteroatoms. The number of halogens is 1. The SMILES string of the molecule is NCCCOc1ccc2c(=O)[nH]cnc2c1.O=c1[nH]cnc2cc(F)ccc12. The van der Waals surface area contributed by atoms with Crippen LogP contribution in [0.4, 0.5) is 4.39 Å². The molecule has 0 fully saturated rings. The van der Waals surface area contributed by atoms with Gasteiger partial charge in [0.05, 0.1) is 41.1 Å². The molecule has 0 radical (unpaired) electrons. The van der Waals surface area contributed by atoms with E-state index in [-0.39, 0.29) is 16.9 Å². The number of H-pyrrole nitrogens is 2. The van der Waals surface area contributed by atoms with Crippen LogP contribution in [0.5, 0.6) is 5.75 Å². The number of nitrogens with one attached hydrogen (secondary N) is 2. The van der Waals surface area contributed by atoms with Crippen molar-refractivity contribution in [2.45, 2.75) is 6.42 Å². The minimum absolute atomic E-state index is 0.140. The van der Waals surface area contributed by atoms with Crippen molar-refractivity contribution in [2.75, 3.05) is 13.2 Å². The van der Waals surface area contributed by atoms with Crippen LogP contribution in [-0.4, -0.2) is 33.1 Å². The number of rotatable bonds is 4. The predicted molar refractivity (Wildman–Crippen MR) is 104 cm³/mol. The number of hydrogen-bond donors (Lipinski definition) is 3. The van der Waals surface area contributed by atoms with Gasteiger partial charge in [0.15, 0.2) is 0 Å². The molecule has 2 heterocycles. The second-order valence-corrected chi connectivity index (χ2v) is 5.79. The minimum Gasteiger partial charge on any atom is -0.493 e. The van der Waals surface area contributed by atoms with Gasteiger partial charge in [-0.25, -0.2) is 14.4 Å². The van der Waals surface area contributed by atoms with E-state index in [1.807, 2.05) is 0 Å². The third kappa shape index (κ3) is 4.57. The van der Waals surface area contributed by atoms with E-state index in [1.165, 1.54) is 30.9 Å². The molecule has 0 aliphatic rings. The number of aromatic amines is 2. The fourth-order valence-electron chi connectivity index (χ4n) is 2.45. The standard InChI is InChI=1S/C11H13N3O2.C8H5FN2O/c12-4-1-5-16-8-2-3-9-10(6-8)13-7-14-11(9)15;9-5-1-2-6-7(3-5)10-4-11-8(6)12/h2-3,6-7H,1,4-5,12H2,(H,13,14,15);1-4H,(H,10,11,12). The van der Waals surface area contributed by atoms with Gasteiger partial charge in [0.2, 0.25) is 0 Å². The number of fused-ring (bicyclic) bond motifs is 2. The monoisotopic (exact) mass is 383 g/mol. The predicted octanol–water partition coefficient (Wildman–Crippen LogP) is 1.71. The number of benzene rings is 2. The van der Waals surface area contributed by atoms with Crippen LogP contribution < -0.4 is 21.6 Å². The number of aromatic nitrogens is 4. The smallest absolute Gasteiger partial charge is 0.258 e. The molecule has 0 amide bonds. The molecule has 0 bridgehead atoms. The Balaban J connectivity index is 0.000000167. The van der Waals surface area contributed by atoms with E-state index >= 15 is 0 Å². The van der Waals surface area contributed by atoms with E-state index in [1.54, 1.807) is 18.2 Å². The molecule has 0 saturated carbocycles. The summed E-state index contributed by atoms with van der Waals surface area (Å²) in [6.07, 6.45) is 3.44. The van der Waals surface area contributed by atoms with Crippen LogP contribution in [0, 0.1) is 5.82 Å². The largest absolute Gasteiger partial charge is 0.493 e. The van der Waals surface area contributed by atoms with Gasteiger partial charge in [-0.15, -0.1) is 0 Å². The lowest BCUT2D eigenvalue weighted by atomic mass is 10.2. The highest BCUT2D eigenvalue weighted by Crippen LogP contribution is 2.16. The lowest BCUT2D eigenvalue weighted by Gasteiger charge is -2.05. The Hall–Kier alpha value is -3.59. The Bertz CT molecular complexity index is 1210. The maximum atomic E-state index is 12.6. The summed E-state index contributed by atoms with van der Waals surface area (Å²) in [5, 5.41) is 0.965. The zero-order chi connectivity index (χ0) is 19.9. The van der Waals surface area contributed by atoms with E-state index in [0.717, 1.165) is 6.42 Å². The van der Waals surface area contributed by atoms with Crippen molar-refractivity contribution in [1.29, 1.82) is 0 Å². The van der Waals surface area contributed by atoms with Crippen molar-refractivity contribution in [3.05, 3.63) is 75.6 Å². The second-order valence-electron chi connectivity index (χ2n) is 5.79. The molecule has 0 unspecified atom stereocenters. The highest BCUT2D eigenvalue weighted by molar-refractivity contribution is 5.78.